The molecule has 0 aliphatic carbocycles. The van der Waals surface area contributed by atoms with Crippen molar-refractivity contribution in [3.05, 3.63) is 69.5 Å². The largest absolute Gasteiger partial charge is 0.391 e. The maximum atomic E-state index is 15.3. The van der Waals surface area contributed by atoms with Crippen LogP contribution in [0.2, 0.25) is 5.02 Å². The molecular weight excluding hydrogens is 494 g/mol. The number of rotatable bonds is 5. The van der Waals surface area contributed by atoms with E-state index in [4.69, 9.17) is 11.6 Å². The van der Waals surface area contributed by atoms with Crippen molar-refractivity contribution < 1.29 is 36.7 Å². The molecule has 0 radical (unpaired) electrons. The third-order valence-corrected chi connectivity index (χ3v) is 6.16. The van der Waals surface area contributed by atoms with Crippen molar-refractivity contribution in [1.82, 2.24) is 15.5 Å². The molecule has 35 heavy (non-hydrogen) atoms. The number of carbonyl (C=O) groups excluding carboxylic acids is 4. The van der Waals surface area contributed by atoms with Gasteiger partial charge in [-0.1, -0.05) is 23.7 Å². The van der Waals surface area contributed by atoms with Gasteiger partial charge in [0.2, 0.25) is 11.8 Å². The van der Waals surface area contributed by atoms with Gasteiger partial charge in [-0.2, -0.15) is 13.2 Å². The molecule has 2 aliphatic heterocycles. The van der Waals surface area contributed by atoms with Crippen molar-refractivity contribution >= 4 is 35.2 Å². The zero-order valence-electron chi connectivity index (χ0n) is 17.9. The van der Waals surface area contributed by atoms with Crippen molar-refractivity contribution in [3.63, 3.8) is 0 Å². The molecule has 2 N–H and O–H groups in total. The monoisotopic (exact) mass is 511 g/mol. The number of halogens is 5. The van der Waals surface area contributed by atoms with E-state index < -0.39 is 59.7 Å². The van der Waals surface area contributed by atoms with Gasteiger partial charge in [0.15, 0.2) is 0 Å². The van der Waals surface area contributed by atoms with Crippen LogP contribution in [0.1, 0.15) is 57.1 Å². The third-order valence-electron chi connectivity index (χ3n) is 5.91. The van der Waals surface area contributed by atoms with E-state index in [0.717, 1.165) is 11.0 Å². The standard InChI is InChI=1S/C23H18ClF4N3O4/c24-12-3-1-11(2-4-12)16(9-23(26,27)28)29-20(33)14-6-5-13-15(19(14)25)10-31(22(13)35)17-7-8-18(32)30-21(17)34/h1-6,16-17H,7-10H2,(H,29,33)(H,30,32,34). The van der Waals surface area contributed by atoms with Crippen LogP contribution in [0.4, 0.5) is 17.6 Å². The van der Waals surface area contributed by atoms with E-state index in [-0.39, 0.29) is 36.1 Å². The highest BCUT2D eigenvalue weighted by atomic mass is 35.5. The summed E-state index contributed by atoms with van der Waals surface area (Å²) in [5.41, 5.74) is -0.622. The van der Waals surface area contributed by atoms with Gasteiger partial charge in [-0.3, -0.25) is 24.5 Å². The van der Waals surface area contributed by atoms with Gasteiger partial charge in [0.05, 0.1) is 24.6 Å². The summed E-state index contributed by atoms with van der Waals surface area (Å²) >= 11 is 5.79. The van der Waals surface area contributed by atoms with Crippen LogP contribution in [0.25, 0.3) is 0 Å². The van der Waals surface area contributed by atoms with E-state index in [1.54, 1.807) is 0 Å². The minimum atomic E-state index is -4.62. The molecule has 4 amide bonds. The molecule has 1 fully saturated rings. The second-order valence-electron chi connectivity index (χ2n) is 8.25. The summed E-state index contributed by atoms with van der Waals surface area (Å²) in [6.07, 6.45) is -5.94. The van der Waals surface area contributed by atoms with Gasteiger partial charge in [-0.05, 0) is 36.2 Å². The lowest BCUT2D eigenvalue weighted by atomic mass is 10.0. The van der Waals surface area contributed by atoms with Crippen LogP contribution in [-0.4, -0.2) is 40.7 Å². The third kappa shape index (κ3) is 5.14. The number of nitrogens with one attached hydrogen (secondary N) is 2. The Hall–Kier alpha value is -3.47. The Labute approximate surface area is 201 Å². The molecule has 0 aromatic heterocycles. The number of fused-ring (bicyclic) bond motifs is 1. The number of piperidine rings is 1. The minimum absolute atomic E-state index is 0.0119. The van der Waals surface area contributed by atoms with Crippen LogP contribution in [-0.2, 0) is 16.1 Å². The summed E-state index contributed by atoms with van der Waals surface area (Å²) in [6.45, 7) is -0.323. The average Bonchev–Trinajstić information content (AvgIpc) is 3.10. The van der Waals surface area contributed by atoms with Gasteiger partial charge in [-0.25, -0.2) is 4.39 Å². The van der Waals surface area contributed by atoms with Crippen LogP contribution in [0.3, 0.4) is 0 Å². The number of amides is 4. The Morgan fingerprint density at radius 3 is 2.46 bits per heavy atom. The number of imide groups is 1. The average molecular weight is 512 g/mol. The Bertz CT molecular complexity index is 1220. The van der Waals surface area contributed by atoms with Crippen molar-refractivity contribution in [2.75, 3.05) is 0 Å². The fourth-order valence-corrected chi connectivity index (χ4v) is 4.32. The number of alkyl halides is 3. The van der Waals surface area contributed by atoms with Crippen molar-refractivity contribution in [2.45, 2.75) is 44.1 Å². The zero-order valence-corrected chi connectivity index (χ0v) is 18.7. The van der Waals surface area contributed by atoms with Crippen LogP contribution in [0.5, 0.6) is 0 Å². The first-order valence-electron chi connectivity index (χ1n) is 10.5. The lowest BCUT2D eigenvalue weighted by molar-refractivity contribution is -0.140. The minimum Gasteiger partial charge on any atom is -0.345 e. The molecule has 0 spiro atoms. The first kappa shape index (κ1) is 24.6. The normalized spacial score (nSPS) is 18.8. The fraction of sp³-hybridized carbons (Fsp3) is 0.304. The van der Waals surface area contributed by atoms with Gasteiger partial charge in [-0.15, -0.1) is 0 Å². The molecule has 2 heterocycles. The smallest absolute Gasteiger partial charge is 0.345 e. The predicted octanol–water partition coefficient (Wildman–Crippen LogP) is 3.66. The topological polar surface area (TPSA) is 95.6 Å². The molecule has 4 rings (SSSR count). The molecule has 1 saturated heterocycles. The molecule has 2 aromatic carbocycles. The summed E-state index contributed by atoms with van der Waals surface area (Å²) < 4.78 is 54.8. The molecule has 12 heteroatoms. The highest BCUT2D eigenvalue weighted by molar-refractivity contribution is 6.30. The Kier molecular flexibility index (Phi) is 6.54. The Balaban J connectivity index is 1.58. The number of carbonyl (C=O) groups is 4. The summed E-state index contributed by atoms with van der Waals surface area (Å²) in [5, 5.41) is 4.63. The molecule has 2 aliphatic rings. The van der Waals surface area contributed by atoms with Gasteiger partial charge >= 0.3 is 6.18 Å². The lowest BCUT2D eigenvalue weighted by Gasteiger charge is -2.29. The highest BCUT2D eigenvalue weighted by Crippen LogP contribution is 2.33. The number of nitrogens with zero attached hydrogens (tertiary/aromatic N) is 1. The van der Waals surface area contributed by atoms with E-state index >= 15 is 4.39 Å². The summed E-state index contributed by atoms with van der Waals surface area (Å²) in [4.78, 5) is 50.2. The van der Waals surface area contributed by atoms with Crippen molar-refractivity contribution in [1.29, 1.82) is 0 Å². The highest BCUT2D eigenvalue weighted by Gasteiger charge is 2.41. The van der Waals surface area contributed by atoms with E-state index in [0.29, 0.717) is 5.02 Å². The lowest BCUT2D eigenvalue weighted by Crippen LogP contribution is -2.52. The van der Waals surface area contributed by atoms with Gasteiger partial charge < -0.3 is 10.2 Å². The van der Waals surface area contributed by atoms with E-state index in [9.17, 15) is 32.3 Å². The molecule has 7 nitrogen and oxygen atoms in total. The van der Waals surface area contributed by atoms with E-state index in [1.807, 2.05) is 0 Å². The van der Waals surface area contributed by atoms with Gasteiger partial charge in [0.25, 0.3) is 11.8 Å². The first-order valence-corrected chi connectivity index (χ1v) is 10.9. The van der Waals surface area contributed by atoms with Crippen LogP contribution in [0.15, 0.2) is 36.4 Å². The first-order chi connectivity index (χ1) is 16.4. The molecule has 2 aromatic rings. The van der Waals surface area contributed by atoms with Crippen LogP contribution >= 0.6 is 11.6 Å². The Morgan fingerprint density at radius 1 is 1.14 bits per heavy atom. The zero-order chi connectivity index (χ0) is 25.5. The second-order valence-corrected chi connectivity index (χ2v) is 8.69. The van der Waals surface area contributed by atoms with Crippen LogP contribution < -0.4 is 10.6 Å². The summed E-state index contributed by atoms with van der Waals surface area (Å²) in [6, 6.07) is 5.13. The summed E-state index contributed by atoms with van der Waals surface area (Å²) in [5.74, 6) is -3.96. The second kappa shape index (κ2) is 9.29. The van der Waals surface area contributed by atoms with Crippen molar-refractivity contribution in [2.24, 2.45) is 0 Å². The molecule has 0 saturated carbocycles. The molecular formula is C23H18ClF4N3O4. The maximum Gasteiger partial charge on any atom is 0.391 e. The Morgan fingerprint density at radius 2 is 1.83 bits per heavy atom. The number of hydrogen-bond donors (Lipinski definition) is 2. The number of benzene rings is 2. The molecule has 184 valence electrons. The van der Waals surface area contributed by atoms with Crippen molar-refractivity contribution in [3.8, 4) is 0 Å². The van der Waals surface area contributed by atoms with Gasteiger partial charge in [0.1, 0.15) is 11.9 Å². The fourth-order valence-electron chi connectivity index (χ4n) is 4.19. The molecule has 0 bridgehead atoms. The quantitative estimate of drug-likeness (QED) is 0.473. The van der Waals surface area contributed by atoms with E-state index in [1.165, 1.54) is 30.3 Å². The molecule has 2 atom stereocenters. The maximum absolute atomic E-state index is 15.3. The van der Waals surface area contributed by atoms with Gasteiger partial charge in [0, 0.05) is 22.6 Å². The van der Waals surface area contributed by atoms with E-state index in [2.05, 4.69) is 10.6 Å². The predicted molar refractivity (Wildman–Crippen MR) is 115 cm³/mol. The molecule has 2 unspecified atom stereocenters. The van der Waals surface area contributed by atoms with Crippen LogP contribution in [0, 0.1) is 5.82 Å². The number of hydrogen-bond acceptors (Lipinski definition) is 4. The SMILES string of the molecule is O=C1CCC(N2Cc3c(ccc(C(=O)NC(CC(F)(F)F)c4ccc(Cl)cc4)c3F)C2=O)C(=O)N1. The summed E-state index contributed by atoms with van der Waals surface area (Å²) in [7, 11) is 0.